The highest BCUT2D eigenvalue weighted by Gasteiger charge is 2.21. The van der Waals surface area contributed by atoms with Crippen LogP contribution in [0.3, 0.4) is 0 Å². The van der Waals surface area contributed by atoms with Crippen molar-refractivity contribution in [1.29, 1.82) is 0 Å². The molecule has 0 spiro atoms. The molecule has 1 saturated heterocycles. The van der Waals surface area contributed by atoms with Gasteiger partial charge in [0.25, 0.3) is 0 Å². The molecular weight excluding hydrogens is 248 g/mol. The Morgan fingerprint density at radius 2 is 2.35 bits per heavy atom. The summed E-state index contributed by atoms with van der Waals surface area (Å²) in [6, 6.07) is 7.44. The number of nitrogens with one attached hydrogen (secondary N) is 1. The lowest BCUT2D eigenvalue weighted by Gasteiger charge is -2.34. The molecule has 1 unspecified atom stereocenters. The Kier molecular flexibility index (Phi) is 4.58. The first kappa shape index (κ1) is 13.9. The topological polar surface area (TPSA) is 24.5 Å². The van der Waals surface area contributed by atoms with Crippen LogP contribution in [0, 0.1) is 0 Å². The first-order valence-electron chi connectivity index (χ1n) is 8.06. The van der Waals surface area contributed by atoms with Crippen molar-refractivity contribution in [2.45, 2.75) is 45.2 Å². The Balaban J connectivity index is 1.68. The van der Waals surface area contributed by atoms with Gasteiger partial charge in [-0.25, -0.2) is 0 Å². The van der Waals surface area contributed by atoms with Crippen LogP contribution in [0.1, 0.15) is 37.3 Å². The molecule has 2 aliphatic rings. The summed E-state index contributed by atoms with van der Waals surface area (Å²) < 4.78 is 5.60. The highest BCUT2D eigenvalue weighted by Crippen LogP contribution is 2.27. The first-order chi connectivity index (χ1) is 9.86. The van der Waals surface area contributed by atoms with Gasteiger partial charge in [-0.2, -0.15) is 0 Å². The standard InChI is InChI=1S/C17H26N2O/c1-2-9-19(16-4-3-8-18-12-16)13-14-5-6-17-15(11-14)7-10-20-17/h5-6,11,16,18H,2-4,7-10,12-13H2,1H3. The van der Waals surface area contributed by atoms with Crippen molar-refractivity contribution in [3.05, 3.63) is 29.3 Å². The maximum absolute atomic E-state index is 5.60. The van der Waals surface area contributed by atoms with E-state index < -0.39 is 0 Å². The van der Waals surface area contributed by atoms with Crippen molar-refractivity contribution in [3.8, 4) is 5.75 Å². The lowest BCUT2D eigenvalue weighted by atomic mass is 10.0. The van der Waals surface area contributed by atoms with Crippen LogP contribution in [-0.2, 0) is 13.0 Å². The van der Waals surface area contributed by atoms with Gasteiger partial charge in [-0.05, 0) is 49.5 Å². The van der Waals surface area contributed by atoms with E-state index in [-0.39, 0.29) is 0 Å². The van der Waals surface area contributed by atoms with Crippen LogP contribution in [0.15, 0.2) is 18.2 Å². The van der Waals surface area contributed by atoms with Crippen LogP contribution in [-0.4, -0.2) is 37.2 Å². The van der Waals surface area contributed by atoms with Gasteiger partial charge in [0.15, 0.2) is 0 Å². The number of hydrogen-bond donors (Lipinski definition) is 1. The predicted octanol–water partition coefficient (Wildman–Crippen LogP) is 2.59. The highest BCUT2D eigenvalue weighted by atomic mass is 16.5. The summed E-state index contributed by atoms with van der Waals surface area (Å²) in [7, 11) is 0. The van der Waals surface area contributed by atoms with Gasteiger partial charge >= 0.3 is 0 Å². The molecule has 1 atom stereocenters. The van der Waals surface area contributed by atoms with E-state index >= 15 is 0 Å². The molecule has 1 aromatic carbocycles. The van der Waals surface area contributed by atoms with E-state index in [0.29, 0.717) is 6.04 Å². The number of fused-ring (bicyclic) bond motifs is 1. The van der Waals surface area contributed by atoms with Gasteiger partial charge in [0, 0.05) is 25.6 Å². The van der Waals surface area contributed by atoms with E-state index in [1.807, 2.05) is 0 Å². The Hall–Kier alpha value is -1.06. The summed E-state index contributed by atoms with van der Waals surface area (Å²) in [5.74, 6) is 1.09. The van der Waals surface area contributed by atoms with E-state index in [1.165, 1.54) is 43.5 Å². The second-order valence-electron chi connectivity index (χ2n) is 6.01. The van der Waals surface area contributed by atoms with Gasteiger partial charge in [-0.15, -0.1) is 0 Å². The van der Waals surface area contributed by atoms with Gasteiger partial charge in [0.1, 0.15) is 5.75 Å². The summed E-state index contributed by atoms with van der Waals surface area (Å²) in [4.78, 5) is 2.66. The lowest BCUT2D eigenvalue weighted by Crippen LogP contribution is -2.45. The monoisotopic (exact) mass is 274 g/mol. The lowest BCUT2D eigenvalue weighted by molar-refractivity contribution is 0.158. The van der Waals surface area contributed by atoms with Gasteiger partial charge in [0.05, 0.1) is 6.61 Å². The first-order valence-corrected chi connectivity index (χ1v) is 8.06. The molecule has 1 N–H and O–H groups in total. The number of rotatable bonds is 5. The Morgan fingerprint density at radius 3 is 3.15 bits per heavy atom. The van der Waals surface area contributed by atoms with Crippen LogP contribution < -0.4 is 10.1 Å². The van der Waals surface area contributed by atoms with Crippen molar-refractivity contribution in [3.63, 3.8) is 0 Å². The van der Waals surface area contributed by atoms with Crippen LogP contribution in [0.4, 0.5) is 0 Å². The molecule has 0 aliphatic carbocycles. The van der Waals surface area contributed by atoms with Crippen molar-refractivity contribution >= 4 is 0 Å². The van der Waals surface area contributed by atoms with Crippen molar-refractivity contribution < 1.29 is 4.74 Å². The maximum atomic E-state index is 5.60. The fraction of sp³-hybridized carbons (Fsp3) is 0.647. The number of nitrogens with zero attached hydrogens (tertiary/aromatic N) is 1. The van der Waals surface area contributed by atoms with E-state index in [2.05, 4.69) is 35.3 Å². The molecule has 3 nitrogen and oxygen atoms in total. The van der Waals surface area contributed by atoms with E-state index in [0.717, 1.165) is 31.9 Å². The van der Waals surface area contributed by atoms with Crippen molar-refractivity contribution in [2.24, 2.45) is 0 Å². The fourth-order valence-electron chi connectivity index (χ4n) is 3.40. The van der Waals surface area contributed by atoms with Crippen LogP contribution >= 0.6 is 0 Å². The Morgan fingerprint density at radius 1 is 1.40 bits per heavy atom. The molecule has 1 fully saturated rings. The fourth-order valence-corrected chi connectivity index (χ4v) is 3.40. The third-order valence-corrected chi connectivity index (χ3v) is 4.44. The molecule has 0 saturated carbocycles. The average molecular weight is 274 g/mol. The molecule has 0 aromatic heterocycles. The average Bonchev–Trinajstić information content (AvgIpc) is 2.95. The minimum atomic E-state index is 0.702. The summed E-state index contributed by atoms with van der Waals surface area (Å²) >= 11 is 0. The molecule has 0 bridgehead atoms. The molecular formula is C17H26N2O. The number of benzene rings is 1. The second kappa shape index (κ2) is 6.59. The third-order valence-electron chi connectivity index (χ3n) is 4.44. The maximum Gasteiger partial charge on any atom is 0.122 e. The van der Waals surface area contributed by atoms with Gasteiger partial charge in [0.2, 0.25) is 0 Å². The SMILES string of the molecule is CCCN(Cc1ccc2c(c1)CCO2)C1CCCNC1. The van der Waals surface area contributed by atoms with Crippen LogP contribution in [0.2, 0.25) is 0 Å². The minimum Gasteiger partial charge on any atom is -0.493 e. The molecule has 3 rings (SSSR count). The number of piperidine rings is 1. The summed E-state index contributed by atoms with van der Waals surface area (Å²) in [5, 5.41) is 3.54. The summed E-state index contributed by atoms with van der Waals surface area (Å²) in [5.41, 5.74) is 2.83. The predicted molar refractivity (Wildman–Crippen MR) is 82.2 cm³/mol. The van der Waals surface area contributed by atoms with Gasteiger partial charge < -0.3 is 10.1 Å². The molecule has 2 aliphatic heterocycles. The highest BCUT2D eigenvalue weighted by molar-refractivity contribution is 5.39. The van der Waals surface area contributed by atoms with Crippen LogP contribution in [0.5, 0.6) is 5.75 Å². The Bertz CT molecular complexity index is 441. The largest absolute Gasteiger partial charge is 0.493 e. The molecule has 1 aromatic rings. The second-order valence-corrected chi connectivity index (χ2v) is 6.01. The zero-order valence-corrected chi connectivity index (χ0v) is 12.5. The molecule has 2 heterocycles. The number of hydrogen-bond acceptors (Lipinski definition) is 3. The zero-order valence-electron chi connectivity index (χ0n) is 12.5. The third kappa shape index (κ3) is 3.15. The quantitative estimate of drug-likeness (QED) is 0.893. The van der Waals surface area contributed by atoms with E-state index in [9.17, 15) is 0 Å². The molecule has 110 valence electrons. The summed E-state index contributed by atoms with van der Waals surface area (Å²) in [6.45, 7) is 7.73. The van der Waals surface area contributed by atoms with Crippen molar-refractivity contribution in [1.82, 2.24) is 10.2 Å². The molecule has 20 heavy (non-hydrogen) atoms. The van der Waals surface area contributed by atoms with Crippen LogP contribution in [0.25, 0.3) is 0 Å². The minimum absolute atomic E-state index is 0.702. The van der Waals surface area contributed by atoms with Gasteiger partial charge in [-0.3, -0.25) is 4.90 Å². The van der Waals surface area contributed by atoms with E-state index in [1.54, 1.807) is 0 Å². The van der Waals surface area contributed by atoms with E-state index in [4.69, 9.17) is 4.74 Å². The summed E-state index contributed by atoms with van der Waals surface area (Å²) in [6.07, 6.45) is 4.94. The normalized spacial score (nSPS) is 21.8. The molecule has 0 radical (unpaired) electrons. The van der Waals surface area contributed by atoms with Gasteiger partial charge in [-0.1, -0.05) is 19.1 Å². The Labute approximate surface area is 122 Å². The smallest absolute Gasteiger partial charge is 0.122 e. The zero-order chi connectivity index (χ0) is 13.8. The number of ether oxygens (including phenoxy) is 1. The molecule has 3 heteroatoms. The molecule has 0 amide bonds. The van der Waals surface area contributed by atoms with Crippen molar-refractivity contribution in [2.75, 3.05) is 26.2 Å².